The maximum atomic E-state index is 13.8. The second kappa shape index (κ2) is 7.80. The van der Waals surface area contributed by atoms with Gasteiger partial charge >= 0.3 is 6.01 Å². The SMILES string of the molecule is CCOc1nc(N)c2nc(-c3cncc(F)c3)n(Cc3ccc(CO)cc3)c2n1. The van der Waals surface area contributed by atoms with Crippen LogP contribution >= 0.6 is 0 Å². The standard InChI is InChI=1S/C20H19FN6O2/c1-2-29-20-25-17(22)16-19(26-20)27(10-12-3-5-13(11-28)6-4-12)18(24-16)14-7-15(21)9-23-8-14/h3-9,28H,2,10-11H2,1H3,(H2,22,25,26). The van der Waals surface area contributed by atoms with Gasteiger partial charge in [-0.2, -0.15) is 9.97 Å². The molecule has 3 heterocycles. The summed E-state index contributed by atoms with van der Waals surface area (Å²) in [5.74, 6) is 0.175. The molecule has 0 aliphatic heterocycles. The van der Waals surface area contributed by atoms with Crippen molar-refractivity contribution in [3.8, 4) is 17.4 Å². The van der Waals surface area contributed by atoms with E-state index in [0.29, 0.717) is 35.7 Å². The average molecular weight is 394 g/mol. The Morgan fingerprint density at radius 2 is 1.86 bits per heavy atom. The van der Waals surface area contributed by atoms with E-state index in [1.165, 1.54) is 12.3 Å². The fourth-order valence-corrected chi connectivity index (χ4v) is 3.03. The summed E-state index contributed by atoms with van der Waals surface area (Å²) in [6.07, 6.45) is 2.66. The van der Waals surface area contributed by atoms with Crippen LogP contribution in [0.5, 0.6) is 6.01 Å². The lowest BCUT2D eigenvalue weighted by atomic mass is 10.1. The van der Waals surface area contributed by atoms with Gasteiger partial charge in [0.15, 0.2) is 17.0 Å². The Kier molecular flexibility index (Phi) is 5.05. The lowest BCUT2D eigenvalue weighted by Gasteiger charge is -2.10. The molecule has 3 N–H and O–H groups in total. The van der Waals surface area contributed by atoms with Gasteiger partial charge in [-0.1, -0.05) is 24.3 Å². The van der Waals surface area contributed by atoms with Gasteiger partial charge < -0.3 is 20.1 Å². The van der Waals surface area contributed by atoms with Crippen molar-refractivity contribution < 1.29 is 14.2 Å². The number of imidazole rings is 1. The zero-order valence-corrected chi connectivity index (χ0v) is 15.7. The molecule has 0 unspecified atom stereocenters. The molecule has 0 saturated carbocycles. The molecule has 0 radical (unpaired) electrons. The third kappa shape index (κ3) is 3.72. The van der Waals surface area contributed by atoms with Crippen LogP contribution in [-0.2, 0) is 13.2 Å². The van der Waals surface area contributed by atoms with Gasteiger partial charge in [0.2, 0.25) is 0 Å². The molecule has 9 heteroatoms. The number of pyridine rings is 1. The lowest BCUT2D eigenvalue weighted by Crippen LogP contribution is -2.06. The van der Waals surface area contributed by atoms with E-state index in [0.717, 1.165) is 17.3 Å². The molecule has 0 aliphatic carbocycles. The van der Waals surface area contributed by atoms with Gasteiger partial charge in [0.1, 0.15) is 11.6 Å². The van der Waals surface area contributed by atoms with Crippen LogP contribution in [0, 0.1) is 5.82 Å². The summed E-state index contributed by atoms with van der Waals surface area (Å²) in [4.78, 5) is 17.1. The van der Waals surface area contributed by atoms with Crippen LogP contribution in [0.1, 0.15) is 18.1 Å². The first-order chi connectivity index (χ1) is 14.1. The molecule has 0 amide bonds. The number of nitrogens with zero attached hydrogens (tertiary/aromatic N) is 5. The van der Waals surface area contributed by atoms with E-state index in [1.54, 1.807) is 0 Å². The molecule has 1 aromatic carbocycles. The predicted molar refractivity (Wildman–Crippen MR) is 106 cm³/mol. The molecule has 0 spiro atoms. The Balaban J connectivity index is 1.90. The number of anilines is 1. The number of aliphatic hydroxyl groups is 1. The smallest absolute Gasteiger partial charge is 0.320 e. The first-order valence-electron chi connectivity index (χ1n) is 9.05. The second-order valence-electron chi connectivity index (χ2n) is 6.38. The Morgan fingerprint density at radius 1 is 1.10 bits per heavy atom. The molecule has 29 heavy (non-hydrogen) atoms. The summed E-state index contributed by atoms with van der Waals surface area (Å²) >= 11 is 0. The highest BCUT2D eigenvalue weighted by Crippen LogP contribution is 2.28. The molecular weight excluding hydrogens is 375 g/mol. The second-order valence-corrected chi connectivity index (χ2v) is 6.38. The number of benzene rings is 1. The van der Waals surface area contributed by atoms with Crippen molar-refractivity contribution in [3.05, 3.63) is 59.7 Å². The lowest BCUT2D eigenvalue weighted by molar-refractivity contribution is 0.282. The number of fused-ring (bicyclic) bond motifs is 1. The zero-order chi connectivity index (χ0) is 20.4. The molecule has 0 atom stereocenters. The number of hydrogen-bond donors (Lipinski definition) is 2. The number of nitrogens with two attached hydrogens (primary N) is 1. The van der Waals surface area contributed by atoms with Crippen LogP contribution in [0.3, 0.4) is 0 Å². The molecule has 0 saturated heterocycles. The first kappa shape index (κ1) is 18.8. The quantitative estimate of drug-likeness (QED) is 0.517. The van der Waals surface area contributed by atoms with Crippen molar-refractivity contribution in [2.75, 3.05) is 12.3 Å². The van der Waals surface area contributed by atoms with Crippen molar-refractivity contribution >= 4 is 17.0 Å². The number of aromatic nitrogens is 5. The van der Waals surface area contributed by atoms with Gasteiger partial charge in [0, 0.05) is 11.8 Å². The highest BCUT2D eigenvalue weighted by Gasteiger charge is 2.19. The molecule has 4 rings (SSSR count). The van der Waals surface area contributed by atoms with Crippen LogP contribution in [0.25, 0.3) is 22.6 Å². The monoisotopic (exact) mass is 394 g/mol. The highest BCUT2D eigenvalue weighted by molar-refractivity contribution is 5.85. The summed E-state index contributed by atoms with van der Waals surface area (Å²) in [5, 5.41) is 9.25. The fraction of sp³-hybridized carbons (Fsp3) is 0.200. The number of nitrogen functional groups attached to an aromatic ring is 1. The van der Waals surface area contributed by atoms with Crippen LogP contribution in [-0.4, -0.2) is 36.2 Å². The third-order valence-electron chi connectivity index (χ3n) is 4.38. The Labute approximate surface area is 165 Å². The van der Waals surface area contributed by atoms with E-state index in [9.17, 15) is 9.50 Å². The molecule has 3 aromatic heterocycles. The normalized spacial score (nSPS) is 11.1. The molecule has 4 aromatic rings. The average Bonchev–Trinajstić information content (AvgIpc) is 3.08. The third-order valence-corrected chi connectivity index (χ3v) is 4.38. The van der Waals surface area contributed by atoms with Gasteiger partial charge in [-0.3, -0.25) is 4.98 Å². The summed E-state index contributed by atoms with van der Waals surface area (Å²) in [6, 6.07) is 8.99. The van der Waals surface area contributed by atoms with Crippen molar-refractivity contribution in [2.45, 2.75) is 20.1 Å². The molecule has 0 bridgehead atoms. The Morgan fingerprint density at radius 3 is 2.55 bits per heavy atom. The molecule has 148 valence electrons. The van der Waals surface area contributed by atoms with E-state index in [1.807, 2.05) is 35.8 Å². The van der Waals surface area contributed by atoms with Crippen LogP contribution in [0.4, 0.5) is 10.2 Å². The number of ether oxygens (including phenoxy) is 1. The van der Waals surface area contributed by atoms with Crippen LogP contribution in [0.2, 0.25) is 0 Å². The van der Waals surface area contributed by atoms with E-state index in [4.69, 9.17) is 10.5 Å². The molecule has 0 fully saturated rings. The Bertz CT molecular complexity index is 1160. The van der Waals surface area contributed by atoms with Gasteiger partial charge in [-0.25, -0.2) is 9.37 Å². The zero-order valence-electron chi connectivity index (χ0n) is 15.7. The van der Waals surface area contributed by atoms with Crippen molar-refractivity contribution in [1.29, 1.82) is 0 Å². The number of halogens is 1. The summed E-state index contributed by atoms with van der Waals surface area (Å²) < 4.78 is 21.0. The van der Waals surface area contributed by atoms with Gasteiger partial charge in [0.25, 0.3) is 0 Å². The number of aliphatic hydroxyl groups excluding tert-OH is 1. The summed E-state index contributed by atoms with van der Waals surface area (Å²) in [7, 11) is 0. The minimum atomic E-state index is -0.470. The van der Waals surface area contributed by atoms with Crippen LogP contribution in [0.15, 0.2) is 42.7 Å². The van der Waals surface area contributed by atoms with E-state index >= 15 is 0 Å². The topological polar surface area (TPSA) is 112 Å². The number of hydrogen-bond acceptors (Lipinski definition) is 7. The van der Waals surface area contributed by atoms with Crippen LogP contribution < -0.4 is 10.5 Å². The van der Waals surface area contributed by atoms with E-state index in [-0.39, 0.29) is 18.4 Å². The largest absolute Gasteiger partial charge is 0.464 e. The van der Waals surface area contributed by atoms with Crippen molar-refractivity contribution in [1.82, 2.24) is 24.5 Å². The van der Waals surface area contributed by atoms with E-state index < -0.39 is 5.82 Å². The molecule has 8 nitrogen and oxygen atoms in total. The summed E-state index contributed by atoms with van der Waals surface area (Å²) in [5.41, 5.74) is 9.21. The highest BCUT2D eigenvalue weighted by atomic mass is 19.1. The molecule has 0 aliphatic rings. The Hall–Kier alpha value is -3.59. The summed E-state index contributed by atoms with van der Waals surface area (Å²) in [6.45, 7) is 2.59. The first-order valence-corrected chi connectivity index (χ1v) is 9.05. The fourth-order valence-electron chi connectivity index (χ4n) is 3.03. The predicted octanol–water partition coefficient (Wildman–Crippen LogP) is 2.55. The molecular formula is C20H19FN6O2. The van der Waals surface area contributed by atoms with Crippen molar-refractivity contribution in [2.24, 2.45) is 0 Å². The maximum Gasteiger partial charge on any atom is 0.320 e. The maximum absolute atomic E-state index is 13.8. The van der Waals surface area contributed by atoms with Gasteiger partial charge in [-0.15, -0.1) is 0 Å². The minimum Gasteiger partial charge on any atom is -0.464 e. The van der Waals surface area contributed by atoms with Gasteiger partial charge in [0.05, 0.1) is 26.0 Å². The minimum absolute atomic E-state index is 0.0318. The van der Waals surface area contributed by atoms with E-state index in [2.05, 4.69) is 19.9 Å². The van der Waals surface area contributed by atoms with Crippen molar-refractivity contribution in [3.63, 3.8) is 0 Å². The number of rotatable bonds is 6. The van der Waals surface area contributed by atoms with Gasteiger partial charge in [-0.05, 0) is 24.1 Å².